The molecule has 55 heavy (non-hydrogen) atoms. The molecule has 0 aliphatic rings. The number of fused-ring (bicyclic) bond motifs is 5. The molecular weight excluding hydrogens is 661 g/mol. The summed E-state index contributed by atoms with van der Waals surface area (Å²) in [4.78, 5) is 0. The van der Waals surface area contributed by atoms with E-state index in [1.807, 2.05) is 6.08 Å². The van der Waals surface area contributed by atoms with Crippen LogP contribution in [0.1, 0.15) is 5.56 Å². The summed E-state index contributed by atoms with van der Waals surface area (Å²) in [5, 5.41) is 14.5. The molecule has 0 aromatic heterocycles. The average Bonchev–Trinajstić information content (AvgIpc) is 3.22. The lowest BCUT2D eigenvalue weighted by Crippen LogP contribution is -2.22. The van der Waals surface area contributed by atoms with Crippen LogP contribution in [0.15, 0.2) is 189 Å². The third-order valence-corrected chi connectivity index (χ3v) is 11.3. The Labute approximate surface area is 321 Å². The van der Waals surface area contributed by atoms with E-state index in [9.17, 15) is 0 Å². The Morgan fingerprint density at radius 1 is 0.364 bits per heavy atom. The zero-order chi connectivity index (χ0) is 37.0. The molecule has 0 saturated heterocycles. The molecule has 0 unspecified atom stereocenters. The molecule has 10 rings (SSSR count). The summed E-state index contributed by atoms with van der Waals surface area (Å²) < 4.78 is 0. The number of rotatable bonds is 5. The van der Waals surface area contributed by atoms with E-state index in [1.165, 1.54) is 98.4 Å². The molecule has 0 nitrogen and oxygen atoms in total. The van der Waals surface area contributed by atoms with Gasteiger partial charge in [0, 0.05) is 0 Å². The molecule has 0 amide bonds. The lowest BCUT2D eigenvalue weighted by atomic mass is 9.82. The van der Waals surface area contributed by atoms with Gasteiger partial charge in [-0.1, -0.05) is 189 Å². The molecule has 10 aromatic carbocycles. The lowest BCUT2D eigenvalue weighted by molar-refractivity contribution is 1.47. The summed E-state index contributed by atoms with van der Waals surface area (Å²) in [7, 11) is 0. The normalized spacial score (nSPS) is 12.0. The van der Waals surface area contributed by atoms with Crippen molar-refractivity contribution >= 4 is 66.5 Å². The highest BCUT2D eigenvalue weighted by molar-refractivity contribution is 6.25. The van der Waals surface area contributed by atoms with Crippen LogP contribution in [0.4, 0.5) is 0 Å². The van der Waals surface area contributed by atoms with Crippen LogP contribution in [0.2, 0.25) is 0 Å². The minimum Gasteiger partial charge on any atom is -0.0990 e. The Balaban J connectivity index is 1.36. The van der Waals surface area contributed by atoms with Crippen molar-refractivity contribution < 1.29 is 0 Å². The molecule has 0 bridgehead atoms. The van der Waals surface area contributed by atoms with E-state index in [-0.39, 0.29) is 0 Å². The second-order valence-corrected chi connectivity index (χ2v) is 14.6. The van der Waals surface area contributed by atoms with Crippen LogP contribution in [-0.2, 0) is 0 Å². The maximum absolute atomic E-state index is 4.34. The van der Waals surface area contributed by atoms with Crippen LogP contribution in [0.25, 0.3) is 111 Å². The quantitative estimate of drug-likeness (QED) is 0.157. The van der Waals surface area contributed by atoms with Crippen LogP contribution in [0, 0.1) is 6.92 Å². The molecule has 0 saturated carbocycles. The largest absolute Gasteiger partial charge is 0.0990 e. The van der Waals surface area contributed by atoms with Gasteiger partial charge < -0.3 is 0 Å². The summed E-state index contributed by atoms with van der Waals surface area (Å²) in [6.45, 7) is 10.5. The molecule has 0 spiro atoms. The molecule has 0 fully saturated rings. The van der Waals surface area contributed by atoms with Crippen molar-refractivity contribution in [1.29, 1.82) is 0 Å². The van der Waals surface area contributed by atoms with Gasteiger partial charge in [0.25, 0.3) is 0 Å². The number of aryl methyl sites for hydroxylation is 1. The Bertz CT molecular complexity index is 3250. The highest BCUT2D eigenvalue weighted by Gasteiger charge is 2.21. The van der Waals surface area contributed by atoms with Gasteiger partial charge in [-0.15, -0.1) is 0 Å². The van der Waals surface area contributed by atoms with Crippen molar-refractivity contribution in [2.45, 2.75) is 6.92 Å². The van der Waals surface area contributed by atoms with Gasteiger partial charge in [-0.05, 0) is 134 Å². The van der Waals surface area contributed by atoms with Gasteiger partial charge in [0.05, 0.1) is 0 Å². The van der Waals surface area contributed by atoms with E-state index in [0.717, 1.165) is 16.0 Å². The Kier molecular flexibility index (Phi) is 7.79. The van der Waals surface area contributed by atoms with Gasteiger partial charge >= 0.3 is 0 Å². The number of hydrogen-bond acceptors (Lipinski definition) is 0. The summed E-state index contributed by atoms with van der Waals surface area (Å²) in [6, 6.07) is 65.0. The molecule has 10 aromatic rings. The van der Waals surface area contributed by atoms with Gasteiger partial charge in [-0.25, -0.2) is 0 Å². The average molecular weight is 699 g/mol. The summed E-state index contributed by atoms with van der Waals surface area (Å²) in [5.74, 6) is 0. The van der Waals surface area contributed by atoms with E-state index in [1.54, 1.807) is 0 Å². The lowest BCUT2D eigenvalue weighted by Gasteiger charge is -2.21. The van der Waals surface area contributed by atoms with Gasteiger partial charge in [0.1, 0.15) is 0 Å². The molecule has 0 aliphatic carbocycles. The summed E-state index contributed by atoms with van der Waals surface area (Å²) in [6.07, 6.45) is 3.90. The summed E-state index contributed by atoms with van der Waals surface area (Å²) >= 11 is 0. The van der Waals surface area contributed by atoms with Gasteiger partial charge in [-0.3, -0.25) is 0 Å². The Morgan fingerprint density at radius 3 is 1.40 bits per heavy atom. The minimum atomic E-state index is 0.984. The van der Waals surface area contributed by atoms with Crippen molar-refractivity contribution in [3.05, 3.63) is 205 Å². The topological polar surface area (TPSA) is 0 Å². The first-order valence-electron chi connectivity index (χ1n) is 19.0. The van der Waals surface area contributed by atoms with Crippen LogP contribution >= 0.6 is 0 Å². The first-order chi connectivity index (χ1) is 27.1. The fourth-order valence-corrected chi connectivity index (χ4v) is 8.88. The number of allylic oxidation sites excluding steroid dienone is 1. The van der Waals surface area contributed by atoms with Crippen LogP contribution in [0.3, 0.4) is 0 Å². The van der Waals surface area contributed by atoms with Crippen LogP contribution < -0.4 is 10.4 Å². The van der Waals surface area contributed by atoms with Gasteiger partial charge in [0.15, 0.2) is 0 Å². The van der Waals surface area contributed by atoms with Crippen molar-refractivity contribution in [2.75, 3.05) is 0 Å². The molecule has 0 radical (unpaired) electrons. The molecule has 0 heteroatoms. The fraction of sp³-hybridized carbons (Fsp3) is 0.0182. The first kappa shape index (κ1) is 32.6. The van der Waals surface area contributed by atoms with Crippen molar-refractivity contribution in [3.63, 3.8) is 0 Å². The predicted octanol–water partition coefficient (Wildman–Crippen LogP) is 13.8. The SMILES string of the molecule is C=C/C=c1/cc(-c2c3ccccc3c(-c3ccc4ccccc4c3)c3ccc(-c4c5ccccc5c(-c5cccc(C)c5)c5ccccc45)cc23)ccc1=C. The van der Waals surface area contributed by atoms with Crippen LogP contribution in [0.5, 0.6) is 0 Å². The van der Waals surface area contributed by atoms with E-state index in [2.05, 4.69) is 202 Å². The molecule has 0 heterocycles. The third kappa shape index (κ3) is 5.38. The summed E-state index contributed by atoms with van der Waals surface area (Å²) in [5.41, 5.74) is 11.1. The number of benzene rings is 10. The first-order valence-corrected chi connectivity index (χ1v) is 19.0. The van der Waals surface area contributed by atoms with Crippen molar-refractivity contribution in [1.82, 2.24) is 0 Å². The highest BCUT2D eigenvalue weighted by Crippen LogP contribution is 2.48. The number of hydrogen-bond donors (Lipinski definition) is 0. The standard InChI is InChI=1S/C55H38/c1-4-14-38-32-41(26-25-36(38)3)55-49-24-12-11-23-48(49)53(42-28-27-37-16-5-6-17-39(37)33-42)50-30-29-43(34-51(50)55)54-46-21-9-7-19-44(46)52(40-18-13-15-35(2)31-40)45-20-8-10-22-47(45)54/h4-34H,1,3H2,2H3/b38-14-. The van der Waals surface area contributed by atoms with Gasteiger partial charge in [0.2, 0.25) is 0 Å². The predicted molar refractivity (Wildman–Crippen MR) is 240 cm³/mol. The van der Waals surface area contributed by atoms with Crippen LogP contribution in [-0.4, -0.2) is 0 Å². The maximum atomic E-state index is 4.34. The zero-order valence-corrected chi connectivity index (χ0v) is 30.8. The molecular formula is C55H38. The van der Waals surface area contributed by atoms with E-state index < -0.39 is 0 Å². The molecule has 258 valence electrons. The van der Waals surface area contributed by atoms with E-state index in [4.69, 9.17) is 0 Å². The second-order valence-electron chi connectivity index (χ2n) is 14.6. The highest BCUT2D eigenvalue weighted by atomic mass is 14.2. The smallest absolute Gasteiger partial charge is 0.00259 e. The Morgan fingerprint density at radius 2 is 0.818 bits per heavy atom. The second kappa shape index (κ2) is 13.1. The van der Waals surface area contributed by atoms with E-state index >= 15 is 0 Å². The maximum Gasteiger partial charge on any atom is -0.00259 e. The van der Waals surface area contributed by atoms with Gasteiger partial charge in [-0.2, -0.15) is 0 Å². The molecule has 0 atom stereocenters. The monoisotopic (exact) mass is 698 g/mol. The molecule has 0 aliphatic heterocycles. The fourth-order valence-electron chi connectivity index (χ4n) is 8.88. The minimum absolute atomic E-state index is 0.984. The van der Waals surface area contributed by atoms with Crippen molar-refractivity contribution in [3.8, 4) is 44.5 Å². The zero-order valence-electron chi connectivity index (χ0n) is 30.8. The van der Waals surface area contributed by atoms with Crippen molar-refractivity contribution in [2.24, 2.45) is 0 Å². The molecule has 0 N–H and O–H groups in total. The van der Waals surface area contributed by atoms with E-state index in [0.29, 0.717) is 0 Å². The Hall–Kier alpha value is -7.02. The third-order valence-electron chi connectivity index (χ3n) is 11.3.